The van der Waals surface area contributed by atoms with Gasteiger partial charge in [-0.25, -0.2) is 18.0 Å². The molecule has 0 spiro atoms. The van der Waals surface area contributed by atoms with E-state index in [1.54, 1.807) is 26.8 Å². The Bertz CT molecular complexity index is 1980. The molecule has 4 N–H and O–H groups in total. The Morgan fingerprint density at radius 2 is 1.87 bits per heavy atom. The molecule has 3 fully saturated rings. The van der Waals surface area contributed by atoms with Crippen molar-refractivity contribution in [3.63, 3.8) is 0 Å². The molecule has 2 aliphatic heterocycles. The van der Waals surface area contributed by atoms with E-state index in [0.717, 1.165) is 16.5 Å². The van der Waals surface area contributed by atoms with Crippen LogP contribution in [-0.2, 0) is 33.9 Å². The quantitative estimate of drug-likeness (QED) is 0.250. The molecular formula is C38H49N5O9S. The molecule has 5 atom stereocenters. The number of ether oxygens (including phenoxy) is 2. The highest BCUT2D eigenvalue weighted by Crippen LogP contribution is 2.45. The molecule has 53 heavy (non-hydrogen) atoms. The summed E-state index contributed by atoms with van der Waals surface area (Å²) in [5, 5.41) is 5.60. The molecule has 286 valence electrons. The number of cyclic esters (lactones) is 1. The highest BCUT2D eigenvalue weighted by molar-refractivity contribution is 7.91. The number of hydrogen-bond donors (Lipinski definition) is 4. The summed E-state index contributed by atoms with van der Waals surface area (Å²) >= 11 is 0. The van der Waals surface area contributed by atoms with Crippen molar-refractivity contribution in [2.45, 2.75) is 102 Å². The number of esters is 1. The van der Waals surface area contributed by atoms with Gasteiger partial charge >= 0.3 is 12.1 Å². The maximum Gasteiger partial charge on any atom is 0.407 e. The first kappa shape index (κ1) is 38.1. The van der Waals surface area contributed by atoms with Crippen LogP contribution in [0.25, 0.3) is 17.0 Å². The van der Waals surface area contributed by atoms with Gasteiger partial charge in [-0.15, -0.1) is 6.58 Å². The van der Waals surface area contributed by atoms with Crippen LogP contribution in [0, 0.1) is 16.7 Å². The second-order valence-corrected chi connectivity index (χ2v) is 18.5. The molecule has 2 aromatic rings. The molecule has 2 saturated carbocycles. The van der Waals surface area contributed by atoms with Gasteiger partial charge < -0.3 is 30.0 Å². The molecule has 0 radical (unpaired) electrons. The second-order valence-electron chi connectivity index (χ2n) is 16.6. The Hall–Kier alpha value is -4.66. The topological polar surface area (TPSA) is 193 Å². The molecule has 4 bridgehead atoms. The zero-order valence-electron chi connectivity index (χ0n) is 30.8. The Balaban J connectivity index is 1.32. The smallest absolute Gasteiger partial charge is 0.407 e. The van der Waals surface area contributed by atoms with E-state index in [1.807, 2.05) is 44.2 Å². The fourth-order valence-electron chi connectivity index (χ4n) is 7.03. The number of fused-ring (bicyclic) bond motifs is 3. The summed E-state index contributed by atoms with van der Waals surface area (Å²) in [6, 6.07) is 4.97. The van der Waals surface area contributed by atoms with E-state index >= 15 is 0 Å². The van der Waals surface area contributed by atoms with E-state index in [-0.39, 0.29) is 31.7 Å². The van der Waals surface area contributed by atoms with Crippen molar-refractivity contribution in [2.75, 3.05) is 13.2 Å². The minimum absolute atomic E-state index is 0.0896. The molecule has 2 aliphatic carbocycles. The summed E-state index contributed by atoms with van der Waals surface area (Å²) in [5.41, 5.74) is -1.03. The lowest BCUT2D eigenvalue weighted by Gasteiger charge is -2.35. The third-order valence-electron chi connectivity index (χ3n) is 10.5. The van der Waals surface area contributed by atoms with Gasteiger partial charge in [-0.05, 0) is 60.6 Å². The minimum Gasteiger partial charge on any atom is -0.456 e. The fraction of sp³-hybridized carbons (Fsp3) is 0.553. The SMILES string of the molecule is C=C[C@H]1C[C@@]1(NC(=O)[C@@H]1C[C@@H]2CN1C(=O)[C@H](C(C)(C)C)NC(=O)OCC(C)(C)CC/C=C/c1cccc3[nH]c(cc13)C(=O)O2)C(=O)NS(=O)(=O)C1CC1. The van der Waals surface area contributed by atoms with Crippen molar-refractivity contribution in [1.82, 2.24) is 25.2 Å². The van der Waals surface area contributed by atoms with Crippen molar-refractivity contribution in [1.29, 1.82) is 0 Å². The summed E-state index contributed by atoms with van der Waals surface area (Å²) in [7, 11) is -3.92. The van der Waals surface area contributed by atoms with Crippen LogP contribution in [0.4, 0.5) is 4.79 Å². The maximum absolute atomic E-state index is 14.5. The summed E-state index contributed by atoms with van der Waals surface area (Å²) in [4.78, 5) is 73.3. The number of aromatic nitrogens is 1. The largest absolute Gasteiger partial charge is 0.456 e. The summed E-state index contributed by atoms with van der Waals surface area (Å²) in [6.07, 6.45) is 6.01. The average molecular weight is 752 g/mol. The Labute approximate surface area is 309 Å². The normalized spacial score (nSPS) is 28.7. The second kappa shape index (κ2) is 14.0. The first-order chi connectivity index (χ1) is 24.8. The summed E-state index contributed by atoms with van der Waals surface area (Å²) in [6.45, 7) is 12.9. The predicted molar refractivity (Wildman–Crippen MR) is 197 cm³/mol. The van der Waals surface area contributed by atoms with Crippen molar-refractivity contribution < 1.29 is 41.9 Å². The number of alkyl carbamates (subject to hydrolysis) is 1. The van der Waals surface area contributed by atoms with E-state index in [0.29, 0.717) is 25.7 Å². The molecule has 0 unspecified atom stereocenters. The molecule has 15 heteroatoms. The van der Waals surface area contributed by atoms with E-state index in [2.05, 4.69) is 26.9 Å². The molecule has 6 rings (SSSR count). The van der Waals surface area contributed by atoms with Gasteiger partial charge in [-0.3, -0.25) is 19.1 Å². The van der Waals surface area contributed by atoms with Gasteiger partial charge in [-0.1, -0.05) is 65.0 Å². The minimum atomic E-state index is -3.92. The van der Waals surface area contributed by atoms with Gasteiger partial charge in [0.25, 0.3) is 5.91 Å². The lowest BCUT2D eigenvalue weighted by Crippen LogP contribution is -2.60. The van der Waals surface area contributed by atoms with Gasteiger partial charge in [0.15, 0.2) is 0 Å². The number of rotatable bonds is 6. The van der Waals surface area contributed by atoms with Gasteiger partial charge in [0.1, 0.15) is 29.4 Å². The number of nitrogens with one attached hydrogen (secondary N) is 4. The number of benzene rings is 1. The Kier molecular flexibility index (Phi) is 10.0. The van der Waals surface area contributed by atoms with Crippen molar-refractivity contribution in [3.05, 3.63) is 54.3 Å². The molecule has 1 aromatic heterocycles. The zero-order chi connectivity index (χ0) is 38.5. The maximum atomic E-state index is 14.5. The molecule has 3 heterocycles. The summed E-state index contributed by atoms with van der Waals surface area (Å²) < 4.78 is 39.0. The number of hydrogen-bond acceptors (Lipinski definition) is 9. The van der Waals surface area contributed by atoms with Crippen molar-refractivity contribution in [2.24, 2.45) is 16.7 Å². The third-order valence-corrected chi connectivity index (χ3v) is 12.4. The van der Waals surface area contributed by atoms with Crippen LogP contribution in [0.5, 0.6) is 0 Å². The van der Waals surface area contributed by atoms with Crippen LogP contribution in [0.1, 0.15) is 89.2 Å². The van der Waals surface area contributed by atoms with Gasteiger partial charge in [0, 0.05) is 23.2 Å². The first-order valence-corrected chi connectivity index (χ1v) is 19.6. The van der Waals surface area contributed by atoms with E-state index in [4.69, 9.17) is 9.47 Å². The fourth-order valence-corrected chi connectivity index (χ4v) is 8.40. The van der Waals surface area contributed by atoms with Crippen LogP contribution >= 0.6 is 0 Å². The van der Waals surface area contributed by atoms with Gasteiger partial charge in [0.05, 0.1) is 18.4 Å². The Morgan fingerprint density at radius 3 is 2.53 bits per heavy atom. The zero-order valence-corrected chi connectivity index (χ0v) is 31.6. The number of sulfonamides is 1. The number of aromatic amines is 1. The van der Waals surface area contributed by atoms with E-state index < -0.39 is 85.5 Å². The number of carbonyl (C=O) groups is 5. The molecule has 1 aromatic carbocycles. The van der Waals surface area contributed by atoms with Crippen LogP contribution in [-0.4, -0.2) is 90.2 Å². The van der Waals surface area contributed by atoms with Crippen molar-refractivity contribution in [3.8, 4) is 0 Å². The number of nitrogens with zero attached hydrogens (tertiary/aromatic N) is 1. The van der Waals surface area contributed by atoms with E-state index in [9.17, 15) is 32.4 Å². The molecule has 14 nitrogen and oxygen atoms in total. The van der Waals surface area contributed by atoms with Gasteiger partial charge in [-0.2, -0.15) is 0 Å². The number of carbonyl (C=O) groups excluding carboxylic acids is 5. The number of H-pyrrole nitrogens is 1. The lowest BCUT2D eigenvalue weighted by molar-refractivity contribution is -0.143. The van der Waals surface area contributed by atoms with Gasteiger partial charge in [0.2, 0.25) is 21.8 Å². The first-order valence-electron chi connectivity index (χ1n) is 18.1. The average Bonchev–Trinajstić information content (AvgIpc) is 3.97. The number of allylic oxidation sites excluding steroid dienone is 1. The predicted octanol–water partition coefficient (Wildman–Crippen LogP) is 3.94. The van der Waals surface area contributed by atoms with Crippen LogP contribution in [0.15, 0.2) is 43.0 Å². The highest BCUT2D eigenvalue weighted by Gasteiger charge is 2.62. The van der Waals surface area contributed by atoms with E-state index in [1.165, 1.54) is 11.0 Å². The molecular weight excluding hydrogens is 703 g/mol. The lowest BCUT2D eigenvalue weighted by atomic mass is 9.85. The van der Waals surface area contributed by atoms with Crippen LogP contribution in [0.2, 0.25) is 0 Å². The van der Waals surface area contributed by atoms with Crippen LogP contribution in [0.3, 0.4) is 0 Å². The molecule has 4 aliphatic rings. The molecule has 1 saturated heterocycles. The highest BCUT2D eigenvalue weighted by atomic mass is 32.2. The Morgan fingerprint density at radius 1 is 1.13 bits per heavy atom. The monoisotopic (exact) mass is 751 g/mol. The third kappa shape index (κ3) is 8.14. The molecule has 4 amide bonds. The van der Waals surface area contributed by atoms with Crippen molar-refractivity contribution >= 4 is 56.8 Å². The standard InChI is InChI=1S/C38H49N5O9S/c1-7-23-19-38(23,34(47)42-53(49,50)25-14-15-25)41-31(44)29-17-24-20-43(29)32(45)30(36(2,3)4)40-35(48)51-21-37(5,6)16-9-8-11-22-12-10-13-27-26(22)18-28(39-27)33(46)52-24/h7-8,10-13,18,23-25,29-30,39H,1,9,14-17,19-21H2,2-6H3,(H,40,48)(H,41,44)(H,42,47)/b11-8+/t23-,24+,29-,30+,38-/m0/s1. The summed E-state index contributed by atoms with van der Waals surface area (Å²) in [5.74, 6) is -3.47. The van der Waals surface area contributed by atoms with Crippen LogP contribution < -0.4 is 15.4 Å². The number of amides is 4.